The molecular weight excluding hydrogens is 262 g/mol. The summed E-state index contributed by atoms with van der Waals surface area (Å²) in [6.07, 6.45) is 3.76. The lowest BCUT2D eigenvalue weighted by molar-refractivity contribution is 0.0256. The number of rotatable bonds is 2. The Morgan fingerprint density at radius 1 is 1.42 bits per heavy atom. The van der Waals surface area contributed by atoms with Crippen molar-refractivity contribution in [2.24, 2.45) is 5.73 Å². The number of anilines is 1. The fourth-order valence-electron chi connectivity index (χ4n) is 3.24. The van der Waals surface area contributed by atoms with E-state index < -0.39 is 0 Å². The molecule has 2 aliphatic rings. The number of hydrogen-bond donors (Lipinski definition) is 2. The number of nitrogens with zero attached hydrogens (tertiary/aromatic N) is 1. The number of nitrogens with one attached hydrogen (secondary N) is 1. The van der Waals surface area contributed by atoms with Gasteiger partial charge in [0.25, 0.3) is 0 Å². The Hall–Kier alpha value is -1.26. The summed E-state index contributed by atoms with van der Waals surface area (Å²) in [6.45, 7) is 1.56. The van der Waals surface area contributed by atoms with Crippen molar-refractivity contribution in [3.05, 3.63) is 28.8 Å². The summed E-state index contributed by atoms with van der Waals surface area (Å²) < 4.78 is 5.82. The molecule has 3 N–H and O–H groups in total. The van der Waals surface area contributed by atoms with Gasteiger partial charge in [-0.2, -0.15) is 0 Å². The summed E-state index contributed by atoms with van der Waals surface area (Å²) in [5.41, 5.74) is 7.32. The smallest absolute Gasteiger partial charge is 0.126 e. The summed E-state index contributed by atoms with van der Waals surface area (Å²) in [4.78, 5) is 2.32. The summed E-state index contributed by atoms with van der Waals surface area (Å²) in [7, 11) is 0. The van der Waals surface area contributed by atoms with E-state index in [4.69, 9.17) is 27.5 Å². The van der Waals surface area contributed by atoms with Crippen molar-refractivity contribution < 1.29 is 4.74 Å². The minimum absolute atomic E-state index is 0.0293. The van der Waals surface area contributed by atoms with Gasteiger partial charge in [0.2, 0.25) is 0 Å². The van der Waals surface area contributed by atoms with Gasteiger partial charge in [-0.25, -0.2) is 0 Å². The molecule has 1 saturated carbocycles. The van der Waals surface area contributed by atoms with Gasteiger partial charge in [-0.3, -0.25) is 5.41 Å². The third kappa shape index (κ3) is 2.19. The molecule has 2 unspecified atom stereocenters. The van der Waals surface area contributed by atoms with E-state index in [1.807, 2.05) is 12.1 Å². The van der Waals surface area contributed by atoms with E-state index in [0.717, 1.165) is 31.7 Å². The van der Waals surface area contributed by atoms with Crippen molar-refractivity contribution in [1.29, 1.82) is 5.41 Å². The Morgan fingerprint density at radius 3 is 3.05 bits per heavy atom. The first kappa shape index (κ1) is 12.8. The van der Waals surface area contributed by atoms with Crippen LogP contribution in [0.25, 0.3) is 0 Å². The van der Waals surface area contributed by atoms with Crippen LogP contribution in [0.4, 0.5) is 5.69 Å². The molecule has 0 amide bonds. The lowest BCUT2D eigenvalue weighted by Gasteiger charge is -2.40. The number of amidine groups is 1. The van der Waals surface area contributed by atoms with Crippen LogP contribution < -0.4 is 10.6 Å². The summed E-state index contributed by atoms with van der Waals surface area (Å²) >= 11 is 6.21. The van der Waals surface area contributed by atoms with Crippen LogP contribution in [0.15, 0.2) is 18.2 Å². The number of nitrogen functional groups attached to an aromatic ring is 1. The predicted molar refractivity (Wildman–Crippen MR) is 77.2 cm³/mol. The van der Waals surface area contributed by atoms with Crippen LogP contribution in [-0.4, -0.2) is 31.1 Å². The van der Waals surface area contributed by atoms with E-state index in [-0.39, 0.29) is 5.84 Å². The second-order valence-electron chi connectivity index (χ2n) is 5.15. The molecule has 1 aromatic rings. The van der Waals surface area contributed by atoms with Crippen molar-refractivity contribution in [2.45, 2.75) is 31.4 Å². The molecule has 1 saturated heterocycles. The van der Waals surface area contributed by atoms with Gasteiger partial charge in [0, 0.05) is 12.2 Å². The second-order valence-corrected chi connectivity index (χ2v) is 5.56. The van der Waals surface area contributed by atoms with Gasteiger partial charge >= 0.3 is 0 Å². The monoisotopic (exact) mass is 279 g/mol. The molecule has 1 aliphatic carbocycles. The first-order valence-electron chi connectivity index (χ1n) is 6.69. The first-order valence-corrected chi connectivity index (χ1v) is 7.07. The van der Waals surface area contributed by atoms with Crippen LogP contribution in [0.3, 0.4) is 0 Å². The number of benzene rings is 1. The van der Waals surface area contributed by atoms with E-state index in [1.54, 1.807) is 6.07 Å². The molecule has 2 fully saturated rings. The molecule has 2 atom stereocenters. The third-order valence-corrected chi connectivity index (χ3v) is 4.37. The Kier molecular flexibility index (Phi) is 3.37. The fraction of sp³-hybridized carbons (Fsp3) is 0.500. The minimum atomic E-state index is 0.0293. The van der Waals surface area contributed by atoms with Crippen LogP contribution in [0.2, 0.25) is 5.02 Å². The van der Waals surface area contributed by atoms with Gasteiger partial charge in [-0.05, 0) is 31.4 Å². The van der Waals surface area contributed by atoms with Crippen molar-refractivity contribution in [1.82, 2.24) is 0 Å². The molecule has 0 radical (unpaired) electrons. The summed E-state index contributed by atoms with van der Waals surface area (Å²) in [5.74, 6) is 0.0293. The second kappa shape index (κ2) is 5.02. The lowest BCUT2D eigenvalue weighted by atomic mass is 10.1. The quantitative estimate of drug-likeness (QED) is 0.645. The highest BCUT2D eigenvalue weighted by atomic mass is 35.5. The topological polar surface area (TPSA) is 62.3 Å². The molecule has 1 aromatic carbocycles. The van der Waals surface area contributed by atoms with E-state index in [9.17, 15) is 0 Å². The van der Waals surface area contributed by atoms with E-state index in [1.165, 1.54) is 6.42 Å². The molecule has 0 aromatic heterocycles. The molecule has 19 heavy (non-hydrogen) atoms. The van der Waals surface area contributed by atoms with Crippen molar-refractivity contribution in [3.8, 4) is 0 Å². The minimum Gasteiger partial charge on any atom is -0.384 e. The number of hydrogen-bond acceptors (Lipinski definition) is 3. The number of fused-ring (bicyclic) bond motifs is 1. The van der Waals surface area contributed by atoms with Crippen LogP contribution in [0.1, 0.15) is 24.8 Å². The van der Waals surface area contributed by atoms with Crippen molar-refractivity contribution in [3.63, 3.8) is 0 Å². The average molecular weight is 280 g/mol. The SMILES string of the molecule is N=C(N)c1c(Cl)cccc1N1CCOC2CCCC21. The maximum Gasteiger partial charge on any atom is 0.126 e. The van der Waals surface area contributed by atoms with E-state index in [0.29, 0.717) is 22.7 Å². The Morgan fingerprint density at radius 2 is 2.26 bits per heavy atom. The van der Waals surface area contributed by atoms with Crippen LogP contribution in [0.5, 0.6) is 0 Å². The normalized spacial score (nSPS) is 26.3. The fourth-order valence-corrected chi connectivity index (χ4v) is 3.51. The van der Waals surface area contributed by atoms with Gasteiger partial charge in [0.1, 0.15) is 5.84 Å². The van der Waals surface area contributed by atoms with Crippen LogP contribution >= 0.6 is 11.6 Å². The van der Waals surface area contributed by atoms with Gasteiger partial charge in [0.15, 0.2) is 0 Å². The molecule has 102 valence electrons. The zero-order chi connectivity index (χ0) is 13.4. The highest BCUT2D eigenvalue weighted by Gasteiger charge is 2.37. The number of nitrogens with two attached hydrogens (primary N) is 1. The third-order valence-electron chi connectivity index (χ3n) is 4.05. The number of ether oxygens (including phenoxy) is 1. The highest BCUT2D eigenvalue weighted by Crippen LogP contribution is 2.36. The molecular formula is C14H18ClN3O. The van der Waals surface area contributed by atoms with Crippen LogP contribution in [-0.2, 0) is 4.74 Å². The Bertz CT molecular complexity index is 505. The predicted octanol–water partition coefficient (Wildman–Crippen LogP) is 2.38. The molecule has 1 aliphatic heterocycles. The molecule has 3 rings (SSSR count). The molecule has 5 heteroatoms. The maximum atomic E-state index is 7.76. The zero-order valence-electron chi connectivity index (χ0n) is 10.7. The maximum absolute atomic E-state index is 7.76. The zero-order valence-corrected chi connectivity index (χ0v) is 11.5. The number of morpholine rings is 1. The van der Waals surface area contributed by atoms with E-state index >= 15 is 0 Å². The standard InChI is InChI=1S/C14H18ClN3O/c15-9-3-1-5-11(13(9)14(16)17)18-7-8-19-12-6-2-4-10(12)18/h1,3,5,10,12H,2,4,6-8H2,(H3,16,17). The number of halogens is 1. The average Bonchev–Trinajstić information content (AvgIpc) is 2.85. The Balaban J connectivity index is 2.01. The highest BCUT2D eigenvalue weighted by molar-refractivity contribution is 6.34. The van der Waals surface area contributed by atoms with Gasteiger partial charge in [-0.15, -0.1) is 0 Å². The van der Waals surface area contributed by atoms with Gasteiger partial charge in [-0.1, -0.05) is 17.7 Å². The van der Waals surface area contributed by atoms with Gasteiger partial charge < -0.3 is 15.4 Å². The van der Waals surface area contributed by atoms with Crippen LogP contribution in [0, 0.1) is 5.41 Å². The summed E-state index contributed by atoms with van der Waals surface area (Å²) in [6, 6.07) is 6.10. The van der Waals surface area contributed by atoms with Crippen molar-refractivity contribution >= 4 is 23.1 Å². The molecule has 1 heterocycles. The van der Waals surface area contributed by atoms with Gasteiger partial charge in [0.05, 0.1) is 29.3 Å². The van der Waals surface area contributed by atoms with E-state index in [2.05, 4.69) is 4.90 Å². The van der Waals surface area contributed by atoms with Crippen molar-refractivity contribution in [2.75, 3.05) is 18.1 Å². The molecule has 0 bridgehead atoms. The molecule has 0 spiro atoms. The first-order chi connectivity index (χ1) is 9.18. The summed E-state index contributed by atoms with van der Waals surface area (Å²) in [5, 5.41) is 8.31. The molecule has 4 nitrogen and oxygen atoms in total. The largest absolute Gasteiger partial charge is 0.384 e. The lowest BCUT2D eigenvalue weighted by Crippen LogP contribution is -2.49. The Labute approximate surface area is 118 Å².